The number of thiophene rings is 1. The zero-order valence-corrected chi connectivity index (χ0v) is 16.5. The Morgan fingerprint density at radius 3 is 2.79 bits per heavy atom. The van der Waals surface area contributed by atoms with Crippen LogP contribution in [-0.4, -0.2) is 15.9 Å². The highest BCUT2D eigenvalue weighted by atomic mass is 32.1. The number of hydrogen-bond acceptors (Lipinski definition) is 5. The number of nitrogens with zero attached hydrogens (tertiary/aromatic N) is 2. The first kappa shape index (κ1) is 17.8. The lowest BCUT2D eigenvalue weighted by Crippen LogP contribution is -2.11. The lowest BCUT2D eigenvalue weighted by molar-refractivity contribution is 0.0469. The monoisotopic (exact) mass is 398 g/mol. The third-order valence-electron chi connectivity index (χ3n) is 5.08. The van der Waals surface area contributed by atoms with Crippen molar-refractivity contribution in [3.63, 3.8) is 0 Å². The number of ether oxygens (including phenoxy) is 1. The molecule has 1 aromatic carbocycles. The molecule has 0 bridgehead atoms. The van der Waals surface area contributed by atoms with Crippen LogP contribution < -0.4 is 0 Å². The standard InChI is InChI=1S/C24H18N2O2S/c27-24(28-15-17-6-3-4-12-25-17)22-19-8-1-2-9-21(19)26-23-16(10-11-20(22)23)14-18-7-5-13-29-18/h1-9,12-14H,10-11,15H2/b16-14+. The predicted octanol–water partition coefficient (Wildman–Crippen LogP) is 5.54. The molecule has 5 heteroatoms. The minimum atomic E-state index is -0.317. The first-order chi connectivity index (χ1) is 14.3. The fraction of sp³-hybridized carbons (Fsp3) is 0.125. The van der Waals surface area contributed by atoms with E-state index in [2.05, 4.69) is 22.5 Å². The molecule has 4 aromatic rings. The third kappa shape index (κ3) is 3.45. The number of carbonyl (C=O) groups is 1. The number of rotatable bonds is 4. The summed E-state index contributed by atoms with van der Waals surface area (Å²) in [5.41, 5.74) is 5.26. The molecule has 0 spiro atoms. The van der Waals surface area contributed by atoms with Crippen molar-refractivity contribution >= 4 is 39.9 Å². The maximum atomic E-state index is 13.1. The van der Waals surface area contributed by atoms with Crippen molar-refractivity contribution in [2.24, 2.45) is 0 Å². The van der Waals surface area contributed by atoms with Crippen molar-refractivity contribution in [2.45, 2.75) is 19.4 Å². The topological polar surface area (TPSA) is 52.1 Å². The Hall–Kier alpha value is -3.31. The highest BCUT2D eigenvalue weighted by Gasteiger charge is 2.27. The van der Waals surface area contributed by atoms with Gasteiger partial charge in [-0.25, -0.2) is 9.78 Å². The van der Waals surface area contributed by atoms with E-state index in [-0.39, 0.29) is 12.6 Å². The maximum absolute atomic E-state index is 13.1. The molecule has 3 aromatic heterocycles. The second-order valence-electron chi connectivity index (χ2n) is 6.91. The van der Waals surface area contributed by atoms with E-state index in [1.807, 2.05) is 48.5 Å². The molecule has 0 aliphatic heterocycles. The summed E-state index contributed by atoms with van der Waals surface area (Å²) in [4.78, 5) is 23.4. The van der Waals surface area contributed by atoms with Gasteiger partial charge < -0.3 is 4.74 Å². The largest absolute Gasteiger partial charge is 0.456 e. The number of esters is 1. The van der Waals surface area contributed by atoms with Crippen molar-refractivity contribution in [1.82, 2.24) is 9.97 Å². The van der Waals surface area contributed by atoms with E-state index in [1.165, 1.54) is 10.5 Å². The van der Waals surface area contributed by atoms with Gasteiger partial charge in [0.1, 0.15) is 6.61 Å². The van der Waals surface area contributed by atoms with E-state index in [0.29, 0.717) is 5.56 Å². The van der Waals surface area contributed by atoms with Gasteiger partial charge >= 0.3 is 5.97 Å². The van der Waals surface area contributed by atoms with Gasteiger partial charge in [0.15, 0.2) is 0 Å². The van der Waals surface area contributed by atoms with Crippen LogP contribution in [0.4, 0.5) is 0 Å². The molecule has 5 rings (SSSR count). The molecule has 1 aliphatic carbocycles. The molecule has 0 saturated carbocycles. The number of carbonyl (C=O) groups excluding carboxylic acids is 1. The van der Waals surface area contributed by atoms with E-state index in [1.54, 1.807) is 17.5 Å². The number of benzene rings is 1. The Labute approximate surface area is 172 Å². The van der Waals surface area contributed by atoms with E-state index in [9.17, 15) is 4.79 Å². The van der Waals surface area contributed by atoms with Crippen LogP contribution in [0.2, 0.25) is 0 Å². The lowest BCUT2D eigenvalue weighted by Gasteiger charge is -2.12. The molecular weight excluding hydrogens is 380 g/mol. The van der Waals surface area contributed by atoms with Gasteiger partial charge in [-0.3, -0.25) is 4.98 Å². The number of hydrogen-bond donors (Lipinski definition) is 0. The molecule has 0 unspecified atom stereocenters. The Kier molecular flexibility index (Phi) is 4.66. The molecule has 0 fully saturated rings. The number of allylic oxidation sites excluding steroid dienone is 1. The molecule has 0 amide bonds. The second-order valence-corrected chi connectivity index (χ2v) is 7.89. The molecule has 0 N–H and O–H groups in total. The maximum Gasteiger partial charge on any atom is 0.339 e. The number of aromatic nitrogens is 2. The van der Waals surface area contributed by atoms with E-state index >= 15 is 0 Å². The number of fused-ring (bicyclic) bond motifs is 2. The highest BCUT2D eigenvalue weighted by molar-refractivity contribution is 7.10. The summed E-state index contributed by atoms with van der Waals surface area (Å²) in [6.45, 7) is 0.156. The van der Waals surface area contributed by atoms with Crippen molar-refractivity contribution in [3.05, 3.63) is 93.6 Å². The number of para-hydroxylation sites is 1. The zero-order valence-electron chi connectivity index (χ0n) is 15.7. The number of pyridine rings is 2. The Balaban J connectivity index is 1.57. The van der Waals surface area contributed by atoms with Crippen LogP contribution in [0.1, 0.15) is 38.6 Å². The van der Waals surface area contributed by atoms with E-state index in [4.69, 9.17) is 9.72 Å². The van der Waals surface area contributed by atoms with Gasteiger partial charge in [0.05, 0.1) is 22.5 Å². The van der Waals surface area contributed by atoms with Gasteiger partial charge in [-0.15, -0.1) is 11.3 Å². The molecule has 0 atom stereocenters. The van der Waals surface area contributed by atoms with Crippen LogP contribution in [0.25, 0.3) is 22.6 Å². The summed E-state index contributed by atoms with van der Waals surface area (Å²) in [5.74, 6) is -0.317. The van der Waals surface area contributed by atoms with Gasteiger partial charge in [-0.2, -0.15) is 0 Å². The Morgan fingerprint density at radius 1 is 1.07 bits per heavy atom. The minimum absolute atomic E-state index is 0.156. The summed E-state index contributed by atoms with van der Waals surface area (Å²) in [7, 11) is 0. The van der Waals surface area contributed by atoms with Crippen molar-refractivity contribution in [3.8, 4) is 0 Å². The average molecular weight is 398 g/mol. The van der Waals surface area contributed by atoms with Gasteiger partial charge in [0.25, 0.3) is 0 Å². The summed E-state index contributed by atoms with van der Waals surface area (Å²) >= 11 is 1.70. The fourth-order valence-corrected chi connectivity index (χ4v) is 4.43. The summed E-state index contributed by atoms with van der Waals surface area (Å²) in [6.07, 6.45) is 5.54. The van der Waals surface area contributed by atoms with Crippen LogP contribution >= 0.6 is 11.3 Å². The summed E-state index contributed by atoms with van der Waals surface area (Å²) < 4.78 is 5.64. The van der Waals surface area contributed by atoms with E-state index in [0.717, 1.165) is 40.7 Å². The van der Waals surface area contributed by atoms with E-state index < -0.39 is 0 Å². The quantitative estimate of drug-likeness (QED) is 0.424. The van der Waals surface area contributed by atoms with Gasteiger partial charge in [-0.05, 0) is 59.7 Å². The molecule has 4 nitrogen and oxygen atoms in total. The molecule has 1 aliphatic rings. The van der Waals surface area contributed by atoms with Crippen LogP contribution in [0.3, 0.4) is 0 Å². The molecule has 0 saturated heterocycles. The van der Waals surface area contributed by atoms with Crippen molar-refractivity contribution in [1.29, 1.82) is 0 Å². The van der Waals surface area contributed by atoms with Crippen molar-refractivity contribution in [2.75, 3.05) is 0 Å². The van der Waals surface area contributed by atoms with Crippen molar-refractivity contribution < 1.29 is 9.53 Å². The second kappa shape index (κ2) is 7.60. The first-order valence-electron chi connectivity index (χ1n) is 9.53. The van der Waals surface area contributed by atoms with Gasteiger partial charge in [0, 0.05) is 16.5 Å². The third-order valence-corrected chi connectivity index (χ3v) is 5.90. The molecule has 29 heavy (non-hydrogen) atoms. The minimum Gasteiger partial charge on any atom is -0.456 e. The normalized spacial score (nSPS) is 14.3. The molecule has 142 valence electrons. The van der Waals surface area contributed by atoms with Gasteiger partial charge in [-0.1, -0.05) is 30.3 Å². The average Bonchev–Trinajstić information content (AvgIpc) is 3.42. The smallest absolute Gasteiger partial charge is 0.339 e. The van der Waals surface area contributed by atoms with Crippen LogP contribution in [0.5, 0.6) is 0 Å². The lowest BCUT2D eigenvalue weighted by atomic mass is 10.0. The van der Waals surface area contributed by atoms with Crippen LogP contribution in [0, 0.1) is 0 Å². The highest BCUT2D eigenvalue weighted by Crippen LogP contribution is 2.38. The van der Waals surface area contributed by atoms with Gasteiger partial charge in [0.2, 0.25) is 0 Å². The first-order valence-corrected chi connectivity index (χ1v) is 10.4. The van der Waals surface area contributed by atoms with Crippen LogP contribution in [0.15, 0.2) is 66.2 Å². The molecule has 3 heterocycles. The fourth-order valence-electron chi connectivity index (χ4n) is 3.75. The molecule has 0 radical (unpaired) electrons. The van der Waals surface area contributed by atoms with Crippen LogP contribution in [-0.2, 0) is 17.8 Å². The predicted molar refractivity (Wildman–Crippen MR) is 116 cm³/mol. The summed E-state index contributed by atoms with van der Waals surface area (Å²) in [5, 5.41) is 2.91. The Morgan fingerprint density at radius 2 is 1.97 bits per heavy atom. The SMILES string of the molecule is O=C(OCc1ccccn1)c1c2c(nc3ccccc13)/C(=C/c1cccs1)CC2. The zero-order chi connectivity index (χ0) is 19.6. The Bertz CT molecular complexity index is 1210. The summed E-state index contributed by atoms with van der Waals surface area (Å²) in [6, 6.07) is 17.5. The molecular formula is C24H18N2O2S.